The maximum Gasteiger partial charge on any atom is 0.253 e. The highest BCUT2D eigenvalue weighted by molar-refractivity contribution is 9.10. The molecule has 0 bridgehead atoms. The molecule has 20 heavy (non-hydrogen) atoms. The van der Waals surface area contributed by atoms with Gasteiger partial charge in [-0.3, -0.25) is 4.79 Å². The van der Waals surface area contributed by atoms with Crippen molar-refractivity contribution in [3.05, 3.63) is 45.6 Å². The first-order valence-electron chi connectivity index (χ1n) is 6.15. The minimum absolute atomic E-state index is 0.0297. The number of halogens is 1. The van der Waals surface area contributed by atoms with E-state index in [1.165, 1.54) is 0 Å². The Morgan fingerprint density at radius 3 is 2.45 bits per heavy atom. The van der Waals surface area contributed by atoms with E-state index in [0.29, 0.717) is 10.7 Å². The number of carbonyl (C=O) groups excluding carboxylic acids is 1. The number of amides is 1. The first-order chi connectivity index (χ1) is 9.40. The van der Waals surface area contributed by atoms with Crippen molar-refractivity contribution in [2.45, 2.75) is 13.0 Å². The summed E-state index contributed by atoms with van der Waals surface area (Å²) in [6, 6.07) is 7.63. The lowest BCUT2D eigenvalue weighted by atomic mass is 9.95. The van der Waals surface area contributed by atoms with Crippen LogP contribution in [0.5, 0.6) is 0 Å². The summed E-state index contributed by atoms with van der Waals surface area (Å²) in [7, 11) is 3.49. The van der Waals surface area contributed by atoms with Crippen molar-refractivity contribution in [3.8, 4) is 0 Å². The van der Waals surface area contributed by atoms with E-state index in [1.54, 1.807) is 19.0 Å². The highest BCUT2D eigenvalue weighted by Gasteiger charge is 2.30. The smallest absolute Gasteiger partial charge is 0.253 e. The van der Waals surface area contributed by atoms with Gasteiger partial charge >= 0.3 is 0 Å². The van der Waals surface area contributed by atoms with Crippen LogP contribution < -0.4 is 10.6 Å². The number of nitrogens with zero attached hydrogens (tertiary/aromatic N) is 1. The topological polar surface area (TPSA) is 44.4 Å². The fourth-order valence-electron chi connectivity index (χ4n) is 2.12. The van der Waals surface area contributed by atoms with E-state index in [0.717, 1.165) is 15.7 Å². The lowest BCUT2D eigenvalue weighted by Gasteiger charge is -2.31. The predicted molar refractivity (Wildman–Crippen MR) is 87.1 cm³/mol. The first kappa shape index (κ1) is 15.0. The average Bonchev–Trinajstić information content (AvgIpc) is 2.38. The largest absolute Gasteiger partial charge is 0.351 e. The second-order valence-corrected chi connectivity index (χ2v) is 6.15. The molecule has 6 heteroatoms. The molecule has 0 aliphatic carbocycles. The summed E-state index contributed by atoms with van der Waals surface area (Å²) in [5, 5.41) is 6.72. The minimum atomic E-state index is -0.230. The monoisotopic (exact) mass is 353 g/mol. The van der Waals surface area contributed by atoms with Gasteiger partial charge in [-0.15, -0.1) is 0 Å². The minimum Gasteiger partial charge on any atom is -0.351 e. The first-order valence-corrected chi connectivity index (χ1v) is 7.35. The van der Waals surface area contributed by atoms with Crippen molar-refractivity contribution in [1.82, 2.24) is 15.5 Å². The van der Waals surface area contributed by atoms with Gasteiger partial charge in [0, 0.05) is 24.3 Å². The molecule has 1 atom stereocenters. The molecule has 2 N–H and O–H groups in total. The molecule has 0 unspecified atom stereocenters. The van der Waals surface area contributed by atoms with Crippen LogP contribution in [-0.2, 0) is 4.79 Å². The van der Waals surface area contributed by atoms with Crippen LogP contribution in [0.15, 0.2) is 40.0 Å². The van der Waals surface area contributed by atoms with Crippen LogP contribution in [0.2, 0.25) is 0 Å². The summed E-state index contributed by atoms with van der Waals surface area (Å²) in [4.78, 5) is 14.0. The number of nitrogens with one attached hydrogen (secondary N) is 2. The molecule has 2 rings (SSSR count). The summed E-state index contributed by atoms with van der Waals surface area (Å²) in [6.07, 6.45) is 0. The van der Waals surface area contributed by atoms with Gasteiger partial charge in [-0.2, -0.15) is 0 Å². The van der Waals surface area contributed by atoms with E-state index in [4.69, 9.17) is 12.2 Å². The zero-order valence-electron chi connectivity index (χ0n) is 11.5. The molecule has 1 amide bonds. The van der Waals surface area contributed by atoms with Crippen LogP contribution in [0.25, 0.3) is 0 Å². The number of likely N-dealkylation sites (N-methyl/N-ethyl adjacent to an activating group) is 1. The van der Waals surface area contributed by atoms with E-state index in [2.05, 4.69) is 26.6 Å². The van der Waals surface area contributed by atoms with Crippen LogP contribution in [0.1, 0.15) is 18.5 Å². The fourth-order valence-corrected chi connectivity index (χ4v) is 2.66. The molecule has 0 saturated carbocycles. The normalized spacial score (nSPS) is 18.4. The van der Waals surface area contributed by atoms with E-state index in [9.17, 15) is 4.79 Å². The number of hydrogen-bond donors (Lipinski definition) is 2. The molecule has 1 aromatic rings. The fraction of sp³-hybridized carbons (Fsp3) is 0.286. The second-order valence-electron chi connectivity index (χ2n) is 4.82. The van der Waals surface area contributed by atoms with Crippen molar-refractivity contribution >= 4 is 39.2 Å². The molecule has 0 spiro atoms. The van der Waals surface area contributed by atoms with Gasteiger partial charge in [0.2, 0.25) is 0 Å². The summed E-state index contributed by atoms with van der Waals surface area (Å²) in [6.45, 7) is 1.87. The zero-order valence-corrected chi connectivity index (χ0v) is 13.9. The Morgan fingerprint density at radius 2 is 1.90 bits per heavy atom. The van der Waals surface area contributed by atoms with E-state index >= 15 is 0 Å². The van der Waals surface area contributed by atoms with Gasteiger partial charge < -0.3 is 15.5 Å². The standard InChI is InChI=1S/C14H16BrN3OS/c1-8-11(13(19)18(2)3)12(17-14(20)16-8)9-4-6-10(15)7-5-9/h4-7,12H,1-3H3,(H2,16,17,20)/t12-/m1/s1. The number of rotatable bonds is 2. The van der Waals surface area contributed by atoms with Crippen LogP contribution in [0.4, 0.5) is 0 Å². The number of hydrogen-bond acceptors (Lipinski definition) is 2. The van der Waals surface area contributed by atoms with Gasteiger partial charge in [0.05, 0.1) is 11.6 Å². The Hall–Kier alpha value is -1.40. The molecule has 0 aromatic heterocycles. The molecule has 1 aromatic carbocycles. The van der Waals surface area contributed by atoms with E-state index in [-0.39, 0.29) is 11.9 Å². The van der Waals surface area contributed by atoms with E-state index < -0.39 is 0 Å². The molecule has 106 valence electrons. The van der Waals surface area contributed by atoms with Gasteiger partial charge in [0.25, 0.3) is 5.91 Å². The predicted octanol–water partition coefficient (Wildman–Crippen LogP) is 2.33. The average molecular weight is 354 g/mol. The molecule has 1 aliphatic heterocycles. The lowest BCUT2D eigenvalue weighted by Crippen LogP contribution is -2.46. The molecule has 0 fully saturated rings. The number of thiocarbonyl (C=S) groups is 1. The highest BCUT2D eigenvalue weighted by atomic mass is 79.9. The van der Waals surface area contributed by atoms with Crippen LogP contribution in [-0.4, -0.2) is 30.0 Å². The summed E-state index contributed by atoms with van der Waals surface area (Å²) < 4.78 is 0.999. The molecule has 1 aliphatic rings. The van der Waals surface area contributed by atoms with Gasteiger partial charge in [0.15, 0.2) is 5.11 Å². The van der Waals surface area contributed by atoms with Crippen molar-refractivity contribution in [3.63, 3.8) is 0 Å². The molecular formula is C14H16BrN3OS. The van der Waals surface area contributed by atoms with Gasteiger partial charge in [-0.05, 0) is 36.8 Å². The Kier molecular flexibility index (Phi) is 4.45. The number of allylic oxidation sites excluding steroid dienone is 1. The van der Waals surface area contributed by atoms with Gasteiger partial charge in [0.1, 0.15) is 0 Å². The second kappa shape index (κ2) is 5.93. The number of carbonyl (C=O) groups is 1. The Bertz CT molecular complexity index is 581. The van der Waals surface area contributed by atoms with Gasteiger partial charge in [-0.1, -0.05) is 28.1 Å². The molecule has 0 radical (unpaired) electrons. The van der Waals surface area contributed by atoms with Crippen molar-refractivity contribution < 1.29 is 4.79 Å². The SMILES string of the molecule is CC1=C(C(=O)N(C)C)[C@@H](c2ccc(Br)cc2)NC(=S)N1. The Balaban J connectivity index is 2.47. The summed E-state index contributed by atoms with van der Waals surface area (Å²) >= 11 is 8.61. The lowest BCUT2D eigenvalue weighted by molar-refractivity contribution is -0.125. The quantitative estimate of drug-likeness (QED) is 0.801. The molecule has 1 heterocycles. The van der Waals surface area contributed by atoms with Crippen molar-refractivity contribution in [2.24, 2.45) is 0 Å². The van der Waals surface area contributed by atoms with E-state index in [1.807, 2.05) is 31.2 Å². The van der Waals surface area contributed by atoms with Crippen molar-refractivity contribution in [1.29, 1.82) is 0 Å². The van der Waals surface area contributed by atoms with Crippen LogP contribution in [0.3, 0.4) is 0 Å². The third-order valence-corrected chi connectivity index (χ3v) is 3.86. The molecule has 0 saturated heterocycles. The third-order valence-electron chi connectivity index (χ3n) is 3.11. The highest BCUT2D eigenvalue weighted by Crippen LogP contribution is 2.28. The Labute approximate surface area is 132 Å². The van der Waals surface area contributed by atoms with Crippen LogP contribution in [0, 0.1) is 0 Å². The molecule has 4 nitrogen and oxygen atoms in total. The summed E-state index contributed by atoms with van der Waals surface area (Å²) in [5.74, 6) is -0.0297. The Morgan fingerprint density at radius 1 is 1.30 bits per heavy atom. The van der Waals surface area contributed by atoms with Gasteiger partial charge in [-0.25, -0.2) is 0 Å². The third kappa shape index (κ3) is 3.02. The molecular weight excluding hydrogens is 338 g/mol. The zero-order chi connectivity index (χ0) is 14.9. The van der Waals surface area contributed by atoms with Crippen molar-refractivity contribution in [2.75, 3.05) is 14.1 Å². The summed E-state index contributed by atoms with van der Waals surface area (Å²) in [5.41, 5.74) is 2.48. The number of benzene rings is 1. The van der Waals surface area contributed by atoms with Crippen LogP contribution >= 0.6 is 28.1 Å². The maximum absolute atomic E-state index is 12.4. The maximum atomic E-state index is 12.4.